The summed E-state index contributed by atoms with van der Waals surface area (Å²) in [4.78, 5) is 0. The lowest BCUT2D eigenvalue weighted by Crippen LogP contribution is -2.37. The van der Waals surface area contributed by atoms with Crippen LogP contribution in [0.15, 0.2) is 0 Å². The smallest absolute Gasteiger partial charge is 0.0712 e. The Kier molecular flexibility index (Phi) is 3.16. The van der Waals surface area contributed by atoms with E-state index in [0.29, 0.717) is 12.1 Å². The van der Waals surface area contributed by atoms with Crippen molar-refractivity contribution in [2.24, 2.45) is 0 Å². The van der Waals surface area contributed by atoms with Gasteiger partial charge in [-0.2, -0.15) is 0 Å². The van der Waals surface area contributed by atoms with Crippen LogP contribution in [0.25, 0.3) is 0 Å². The first-order chi connectivity index (χ1) is 4.84. The lowest BCUT2D eigenvalue weighted by atomic mass is 10.0. The van der Waals surface area contributed by atoms with Gasteiger partial charge in [0.15, 0.2) is 0 Å². The van der Waals surface area contributed by atoms with Crippen molar-refractivity contribution in [2.45, 2.75) is 38.3 Å². The van der Waals surface area contributed by atoms with E-state index in [1.54, 1.807) is 7.11 Å². The van der Waals surface area contributed by atoms with Gasteiger partial charge in [0.25, 0.3) is 0 Å². The first-order valence-corrected chi connectivity index (χ1v) is 4.04. The largest absolute Gasteiger partial charge is 0.380 e. The number of hydrogen-bond donors (Lipinski definition) is 0. The van der Waals surface area contributed by atoms with Crippen molar-refractivity contribution < 1.29 is 4.74 Å². The summed E-state index contributed by atoms with van der Waals surface area (Å²) in [5.74, 6) is 0. The minimum Gasteiger partial charge on any atom is -0.380 e. The first-order valence-electron chi connectivity index (χ1n) is 4.04. The van der Waals surface area contributed by atoms with Gasteiger partial charge in [-0.25, -0.2) is 5.32 Å². The molecule has 1 rings (SSSR count). The third kappa shape index (κ3) is 1.96. The Bertz CT molecular complexity index is 89.3. The molecule has 1 radical (unpaired) electrons. The highest BCUT2D eigenvalue weighted by molar-refractivity contribution is 4.76. The fraction of sp³-hybridized carbons (Fsp3) is 1.00. The molecule has 1 saturated heterocycles. The average Bonchev–Trinajstić information content (AvgIpc) is 2.05. The Morgan fingerprint density at radius 2 is 2.30 bits per heavy atom. The van der Waals surface area contributed by atoms with E-state index < -0.39 is 0 Å². The molecule has 10 heavy (non-hydrogen) atoms. The molecule has 0 aromatic carbocycles. The van der Waals surface area contributed by atoms with Crippen LogP contribution in [0, 0.1) is 0 Å². The summed E-state index contributed by atoms with van der Waals surface area (Å²) < 4.78 is 5.20. The lowest BCUT2D eigenvalue weighted by Gasteiger charge is -2.26. The summed E-state index contributed by atoms with van der Waals surface area (Å²) in [6.45, 7) is 3.14. The molecule has 1 fully saturated rings. The van der Waals surface area contributed by atoms with Gasteiger partial charge in [-0.05, 0) is 19.8 Å². The van der Waals surface area contributed by atoms with Crippen molar-refractivity contribution in [2.75, 3.05) is 13.7 Å². The number of ether oxygens (including phenoxy) is 1. The first kappa shape index (κ1) is 8.02. The van der Waals surface area contributed by atoms with Crippen molar-refractivity contribution in [3.63, 3.8) is 0 Å². The third-order valence-corrected chi connectivity index (χ3v) is 2.19. The summed E-state index contributed by atoms with van der Waals surface area (Å²) in [6, 6.07) is 0.471. The second-order valence-electron chi connectivity index (χ2n) is 2.91. The van der Waals surface area contributed by atoms with Crippen LogP contribution in [-0.4, -0.2) is 25.8 Å². The predicted molar refractivity (Wildman–Crippen MR) is 41.1 cm³/mol. The summed E-state index contributed by atoms with van der Waals surface area (Å²) in [5, 5.41) is 4.48. The van der Waals surface area contributed by atoms with Gasteiger partial charge in [0, 0.05) is 13.7 Å². The molecule has 0 spiro atoms. The van der Waals surface area contributed by atoms with Crippen LogP contribution in [-0.2, 0) is 4.74 Å². The Labute approximate surface area is 63.0 Å². The fourth-order valence-corrected chi connectivity index (χ4v) is 1.35. The van der Waals surface area contributed by atoms with Crippen LogP contribution in [0.2, 0.25) is 0 Å². The van der Waals surface area contributed by atoms with E-state index in [2.05, 4.69) is 12.2 Å². The fourth-order valence-electron chi connectivity index (χ4n) is 1.35. The monoisotopic (exact) mass is 142 g/mol. The molecule has 2 unspecified atom stereocenters. The van der Waals surface area contributed by atoms with E-state index in [4.69, 9.17) is 4.74 Å². The molecule has 1 aliphatic rings. The van der Waals surface area contributed by atoms with Crippen LogP contribution >= 0.6 is 0 Å². The molecule has 1 aliphatic heterocycles. The van der Waals surface area contributed by atoms with Crippen molar-refractivity contribution >= 4 is 0 Å². The molecule has 0 aromatic heterocycles. The van der Waals surface area contributed by atoms with E-state index >= 15 is 0 Å². The zero-order chi connectivity index (χ0) is 7.40. The highest BCUT2D eigenvalue weighted by Crippen LogP contribution is 2.12. The van der Waals surface area contributed by atoms with Crippen LogP contribution in [0.4, 0.5) is 0 Å². The summed E-state index contributed by atoms with van der Waals surface area (Å²) in [6.07, 6.45) is 4.13. The van der Waals surface area contributed by atoms with Gasteiger partial charge >= 0.3 is 0 Å². The molecule has 2 atom stereocenters. The highest BCUT2D eigenvalue weighted by atomic mass is 16.5. The minimum absolute atomic E-state index is 0.320. The zero-order valence-electron chi connectivity index (χ0n) is 6.84. The van der Waals surface area contributed by atoms with Gasteiger partial charge in [-0.15, -0.1) is 0 Å². The van der Waals surface area contributed by atoms with Gasteiger partial charge in [0.05, 0.1) is 12.1 Å². The van der Waals surface area contributed by atoms with Crippen molar-refractivity contribution in [3.05, 3.63) is 0 Å². The van der Waals surface area contributed by atoms with Crippen molar-refractivity contribution in [3.8, 4) is 0 Å². The van der Waals surface area contributed by atoms with Gasteiger partial charge in [0.1, 0.15) is 0 Å². The maximum absolute atomic E-state index is 5.20. The number of piperidine rings is 1. The molecule has 2 heteroatoms. The van der Waals surface area contributed by atoms with Gasteiger partial charge < -0.3 is 4.74 Å². The predicted octanol–water partition coefficient (Wildman–Crippen LogP) is 1.18. The number of methoxy groups -OCH3 is 1. The number of rotatable bonds is 2. The quantitative estimate of drug-likeness (QED) is 0.568. The Balaban J connectivity index is 2.24. The lowest BCUT2D eigenvalue weighted by molar-refractivity contribution is 0.0720. The molecular formula is C8H16NO. The molecule has 0 bridgehead atoms. The molecule has 0 amide bonds. The SMILES string of the molecule is COC(C)C1CCCC[N]1. The zero-order valence-corrected chi connectivity index (χ0v) is 6.84. The molecule has 2 nitrogen and oxygen atoms in total. The maximum atomic E-state index is 5.20. The second-order valence-corrected chi connectivity index (χ2v) is 2.91. The molecule has 0 N–H and O–H groups in total. The highest BCUT2D eigenvalue weighted by Gasteiger charge is 2.19. The molecule has 0 aliphatic carbocycles. The van der Waals surface area contributed by atoms with Crippen molar-refractivity contribution in [1.29, 1.82) is 0 Å². The molecule has 0 saturated carbocycles. The Morgan fingerprint density at radius 3 is 2.80 bits per heavy atom. The van der Waals surface area contributed by atoms with Crippen molar-refractivity contribution in [1.82, 2.24) is 5.32 Å². The van der Waals surface area contributed by atoms with E-state index in [0.717, 1.165) is 6.54 Å². The van der Waals surface area contributed by atoms with Gasteiger partial charge in [-0.1, -0.05) is 6.42 Å². The van der Waals surface area contributed by atoms with E-state index in [1.165, 1.54) is 19.3 Å². The number of hydrogen-bond acceptors (Lipinski definition) is 1. The Morgan fingerprint density at radius 1 is 1.50 bits per heavy atom. The van der Waals surface area contributed by atoms with Crippen LogP contribution in [0.1, 0.15) is 26.2 Å². The van der Waals surface area contributed by atoms with Crippen LogP contribution in [0.5, 0.6) is 0 Å². The molecule has 59 valence electrons. The van der Waals surface area contributed by atoms with E-state index in [9.17, 15) is 0 Å². The topological polar surface area (TPSA) is 23.3 Å². The Hall–Kier alpha value is -0.0800. The molecular weight excluding hydrogens is 126 g/mol. The summed E-state index contributed by atoms with van der Waals surface area (Å²) in [5.41, 5.74) is 0. The van der Waals surface area contributed by atoms with E-state index in [-0.39, 0.29) is 0 Å². The summed E-state index contributed by atoms with van der Waals surface area (Å²) in [7, 11) is 1.76. The normalized spacial score (nSPS) is 30.0. The summed E-state index contributed by atoms with van der Waals surface area (Å²) >= 11 is 0. The standard InChI is InChI=1S/C8H16NO/c1-7(10-2)8-5-3-4-6-9-8/h7-8H,3-6H2,1-2H3. The third-order valence-electron chi connectivity index (χ3n) is 2.19. The van der Waals surface area contributed by atoms with Gasteiger partial charge in [0.2, 0.25) is 0 Å². The van der Waals surface area contributed by atoms with Crippen LogP contribution in [0.3, 0.4) is 0 Å². The second kappa shape index (κ2) is 3.94. The van der Waals surface area contributed by atoms with Gasteiger partial charge in [-0.3, -0.25) is 0 Å². The minimum atomic E-state index is 0.320. The van der Waals surface area contributed by atoms with E-state index in [1.807, 2.05) is 0 Å². The average molecular weight is 142 g/mol. The molecule has 1 heterocycles. The number of nitrogens with zero attached hydrogens (tertiary/aromatic N) is 1. The maximum Gasteiger partial charge on any atom is 0.0712 e. The molecule has 0 aromatic rings. The van der Waals surface area contributed by atoms with Crippen LogP contribution < -0.4 is 5.32 Å².